The van der Waals surface area contributed by atoms with Crippen LogP contribution in [0.3, 0.4) is 0 Å². The Bertz CT molecular complexity index is 1140. The summed E-state index contributed by atoms with van der Waals surface area (Å²) in [5.41, 5.74) is 1.60. The van der Waals surface area contributed by atoms with Crippen LogP contribution in [0.5, 0.6) is 0 Å². The molecule has 0 N–H and O–H groups in total. The summed E-state index contributed by atoms with van der Waals surface area (Å²) >= 11 is 4.63. The molecular weight excluding hydrogens is 469 g/mol. The fourth-order valence-corrected chi connectivity index (χ4v) is 4.07. The van der Waals surface area contributed by atoms with Gasteiger partial charge in [-0.2, -0.15) is 5.10 Å². The first-order valence-corrected chi connectivity index (χ1v) is 10.6. The van der Waals surface area contributed by atoms with Crippen molar-refractivity contribution in [2.24, 2.45) is 10.2 Å². The van der Waals surface area contributed by atoms with Crippen molar-refractivity contribution in [2.45, 2.75) is 6.54 Å². The molecule has 0 bridgehead atoms. The standard InChI is InChI=1S/C22H15BrFN3O2S/c23-17-4-1-3-16(11-17)13-25-26-22-27(14-19-5-2-10-29-19)21(28)20(30-22)12-15-6-8-18(24)9-7-15/h1-13H,14H2/b20-12-,25-13-,26-22+. The minimum atomic E-state index is -0.328. The molecule has 5 nitrogen and oxygen atoms in total. The highest BCUT2D eigenvalue weighted by Crippen LogP contribution is 2.33. The summed E-state index contributed by atoms with van der Waals surface area (Å²) < 4.78 is 19.5. The van der Waals surface area contributed by atoms with Gasteiger partial charge in [0.15, 0.2) is 5.17 Å². The number of nitrogens with zero attached hydrogens (tertiary/aromatic N) is 3. The minimum Gasteiger partial charge on any atom is -0.467 e. The van der Waals surface area contributed by atoms with Crippen molar-refractivity contribution in [3.63, 3.8) is 0 Å². The van der Waals surface area contributed by atoms with E-state index < -0.39 is 0 Å². The van der Waals surface area contributed by atoms with Gasteiger partial charge in [-0.05, 0) is 65.4 Å². The highest BCUT2D eigenvalue weighted by molar-refractivity contribution is 9.10. The number of hydrogen-bond acceptors (Lipinski definition) is 5. The van der Waals surface area contributed by atoms with E-state index >= 15 is 0 Å². The Morgan fingerprint density at radius 1 is 1.10 bits per heavy atom. The number of furan rings is 1. The molecule has 1 amide bonds. The average Bonchev–Trinajstić information content (AvgIpc) is 3.34. The molecule has 30 heavy (non-hydrogen) atoms. The van der Waals surface area contributed by atoms with Crippen molar-refractivity contribution in [1.82, 2.24) is 4.90 Å². The lowest BCUT2D eigenvalue weighted by Gasteiger charge is -2.12. The highest BCUT2D eigenvalue weighted by atomic mass is 79.9. The van der Waals surface area contributed by atoms with Gasteiger partial charge in [0.05, 0.1) is 23.9 Å². The van der Waals surface area contributed by atoms with E-state index in [1.807, 2.05) is 24.3 Å². The van der Waals surface area contributed by atoms with Crippen LogP contribution in [0.1, 0.15) is 16.9 Å². The Morgan fingerprint density at radius 2 is 1.93 bits per heavy atom. The first-order chi connectivity index (χ1) is 14.6. The van der Waals surface area contributed by atoms with Crippen LogP contribution < -0.4 is 0 Å². The van der Waals surface area contributed by atoms with Crippen LogP contribution >= 0.6 is 27.7 Å². The second-order valence-corrected chi connectivity index (χ2v) is 8.24. The van der Waals surface area contributed by atoms with Crippen LogP contribution in [0.25, 0.3) is 6.08 Å². The van der Waals surface area contributed by atoms with Gasteiger partial charge in [-0.15, -0.1) is 5.10 Å². The van der Waals surface area contributed by atoms with E-state index in [4.69, 9.17) is 4.42 Å². The van der Waals surface area contributed by atoms with E-state index in [9.17, 15) is 9.18 Å². The van der Waals surface area contributed by atoms with E-state index in [0.29, 0.717) is 15.8 Å². The van der Waals surface area contributed by atoms with Crippen LogP contribution in [0, 0.1) is 5.82 Å². The topological polar surface area (TPSA) is 58.2 Å². The van der Waals surface area contributed by atoms with E-state index in [1.54, 1.807) is 42.8 Å². The molecule has 1 aliphatic rings. The summed E-state index contributed by atoms with van der Waals surface area (Å²) in [5.74, 6) is 0.0962. The van der Waals surface area contributed by atoms with Gasteiger partial charge in [0.1, 0.15) is 11.6 Å². The number of benzene rings is 2. The highest BCUT2D eigenvalue weighted by Gasteiger charge is 2.34. The number of carbonyl (C=O) groups is 1. The SMILES string of the molecule is O=C1/C(=C/c2ccc(F)cc2)S/C(=N/N=C\c2cccc(Br)c2)N1Cc1ccco1. The van der Waals surface area contributed by atoms with Gasteiger partial charge in [-0.1, -0.05) is 40.2 Å². The van der Waals surface area contributed by atoms with Crippen LogP contribution in [-0.2, 0) is 11.3 Å². The Balaban J connectivity index is 1.61. The fourth-order valence-electron chi connectivity index (χ4n) is 2.72. The minimum absolute atomic E-state index is 0.211. The molecule has 3 aromatic rings. The van der Waals surface area contributed by atoms with Crippen LogP contribution in [0.4, 0.5) is 4.39 Å². The maximum absolute atomic E-state index is 13.2. The Kier molecular flexibility index (Phi) is 6.25. The zero-order valence-electron chi connectivity index (χ0n) is 15.5. The zero-order chi connectivity index (χ0) is 20.9. The molecule has 8 heteroatoms. The molecular formula is C22H15BrFN3O2S. The third-order valence-corrected chi connectivity index (χ3v) is 5.64. The average molecular weight is 484 g/mol. The van der Waals surface area contributed by atoms with Crippen molar-refractivity contribution in [2.75, 3.05) is 0 Å². The molecule has 150 valence electrons. The lowest BCUT2D eigenvalue weighted by Crippen LogP contribution is -2.28. The van der Waals surface area contributed by atoms with Crippen LogP contribution in [0.2, 0.25) is 0 Å². The van der Waals surface area contributed by atoms with Gasteiger partial charge in [-0.25, -0.2) is 4.39 Å². The van der Waals surface area contributed by atoms with Gasteiger partial charge in [0.25, 0.3) is 5.91 Å². The molecule has 4 rings (SSSR count). The second kappa shape index (κ2) is 9.23. The maximum Gasteiger partial charge on any atom is 0.267 e. The monoisotopic (exact) mass is 483 g/mol. The molecule has 0 aliphatic carbocycles. The third-order valence-electron chi connectivity index (χ3n) is 4.15. The molecule has 2 aromatic carbocycles. The molecule has 0 atom stereocenters. The fraction of sp³-hybridized carbons (Fsp3) is 0.0455. The van der Waals surface area contributed by atoms with E-state index in [1.165, 1.54) is 28.8 Å². The smallest absolute Gasteiger partial charge is 0.267 e. The predicted octanol–water partition coefficient (Wildman–Crippen LogP) is 5.69. The molecule has 1 fully saturated rings. The number of amides is 1. The second-order valence-electron chi connectivity index (χ2n) is 6.32. The van der Waals surface area contributed by atoms with Crippen molar-refractivity contribution >= 4 is 51.1 Å². The molecule has 2 heterocycles. The lowest BCUT2D eigenvalue weighted by molar-refractivity contribution is -0.122. The summed E-state index contributed by atoms with van der Waals surface area (Å²) in [7, 11) is 0. The maximum atomic E-state index is 13.2. The molecule has 0 saturated carbocycles. The van der Waals surface area contributed by atoms with Gasteiger partial charge in [0.2, 0.25) is 0 Å². The summed E-state index contributed by atoms with van der Waals surface area (Å²) in [6.45, 7) is 0.241. The van der Waals surface area contributed by atoms with Crippen molar-refractivity contribution in [1.29, 1.82) is 0 Å². The van der Waals surface area contributed by atoms with E-state index in [2.05, 4.69) is 26.1 Å². The Hall–Kier alpha value is -2.97. The zero-order valence-corrected chi connectivity index (χ0v) is 17.9. The molecule has 1 aromatic heterocycles. The van der Waals surface area contributed by atoms with Gasteiger partial charge >= 0.3 is 0 Å². The van der Waals surface area contributed by atoms with Gasteiger partial charge in [-0.3, -0.25) is 9.69 Å². The number of carbonyl (C=O) groups excluding carboxylic acids is 1. The number of halogens is 2. The van der Waals surface area contributed by atoms with Crippen molar-refractivity contribution < 1.29 is 13.6 Å². The Labute approximate surface area is 185 Å². The molecule has 0 radical (unpaired) electrons. The van der Waals surface area contributed by atoms with E-state index in [0.717, 1.165) is 15.6 Å². The largest absolute Gasteiger partial charge is 0.467 e. The molecule has 0 spiro atoms. The Morgan fingerprint density at radius 3 is 2.67 bits per heavy atom. The predicted molar refractivity (Wildman–Crippen MR) is 120 cm³/mol. The number of hydrogen-bond donors (Lipinski definition) is 0. The summed E-state index contributed by atoms with van der Waals surface area (Å²) in [6, 6.07) is 17.1. The summed E-state index contributed by atoms with van der Waals surface area (Å²) in [5, 5.41) is 8.86. The number of rotatable bonds is 5. The molecule has 1 aliphatic heterocycles. The quantitative estimate of drug-likeness (QED) is 0.266. The van der Waals surface area contributed by atoms with Gasteiger partial charge in [0, 0.05) is 4.47 Å². The number of thioether (sulfide) groups is 1. The normalized spacial score (nSPS) is 17.0. The van der Waals surface area contributed by atoms with Crippen molar-refractivity contribution in [3.8, 4) is 0 Å². The van der Waals surface area contributed by atoms with Crippen LogP contribution in [-0.4, -0.2) is 22.2 Å². The van der Waals surface area contributed by atoms with Gasteiger partial charge < -0.3 is 4.42 Å². The first-order valence-electron chi connectivity index (χ1n) is 8.94. The van der Waals surface area contributed by atoms with Crippen molar-refractivity contribution in [3.05, 3.63) is 99.0 Å². The summed E-state index contributed by atoms with van der Waals surface area (Å²) in [4.78, 5) is 15.0. The first kappa shape index (κ1) is 20.3. The lowest BCUT2D eigenvalue weighted by atomic mass is 10.2. The molecule has 1 saturated heterocycles. The number of amidine groups is 1. The van der Waals surface area contributed by atoms with E-state index in [-0.39, 0.29) is 18.3 Å². The molecule has 0 unspecified atom stereocenters. The summed E-state index contributed by atoms with van der Waals surface area (Å²) in [6.07, 6.45) is 4.89. The third kappa shape index (κ3) is 4.95. The van der Waals surface area contributed by atoms with Crippen LogP contribution in [0.15, 0.2) is 90.9 Å².